The molecule has 0 aliphatic heterocycles. The molecule has 0 aliphatic carbocycles. The van der Waals surface area contributed by atoms with Gasteiger partial charge >= 0.3 is 0 Å². The first-order chi connectivity index (χ1) is 65.3. The van der Waals surface area contributed by atoms with Crippen LogP contribution in [-0.2, 0) is 16.2 Å². The van der Waals surface area contributed by atoms with Gasteiger partial charge in [-0.05, 0) is 279 Å². The number of hydrogen-bond donors (Lipinski definition) is 0. The second kappa shape index (κ2) is 32.9. The molecule has 0 N–H and O–H groups in total. The average Bonchev–Trinajstić information content (AvgIpc) is 0.895. The van der Waals surface area contributed by atoms with Crippen LogP contribution in [0.15, 0.2) is 443 Å². The van der Waals surface area contributed by atoms with Gasteiger partial charge in [-0.2, -0.15) is 0 Å². The summed E-state index contributed by atoms with van der Waals surface area (Å²) in [5, 5.41) is 25.7. The molecule has 0 radical (unpaired) electrons. The molecule has 0 saturated carbocycles. The number of aryl methyl sites for hydroxylation is 1. The fourth-order valence-electron chi connectivity index (χ4n) is 21.4. The molecule has 0 fully saturated rings. The largest absolute Gasteiger partial charge is 0.309 e. The quantitative estimate of drug-likeness (QED) is 0.128. The SMILES string of the molecule is CC(C)(C)c1ccc2c(-c3ccc4ccccc4c3)c3ccccc3c(-c3ccc(-n4c5ccccc5c5ccccc54)cc3)c2c1.CC(C)(C)c1ccc2c(-c3ccccc3)c3ccccc3c(-c3ccc(-n4c5ccccc5c5ccccc54)cc3)c2c1.Cc1ccc(-c2c3ccccc3c(-c3ccc(-n4c5ccccc5c5ccccc54)cc3)c3cc(C(C)(C)C)ccc23)cc1. The van der Waals surface area contributed by atoms with Gasteiger partial charge in [-0.3, -0.25) is 0 Å². The lowest BCUT2D eigenvalue weighted by atomic mass is 9.81. The molecule has 0 bridgehead atoms. The predicted octanol–water partition coefficient (Wildman–Crippen LogP) is 36.6. The van der Waals surface area contributed by atoms with E-state index in [4.69, 9.17) is 0 Å². The van der Waals surface area contributed by atoms with Crippen LogP contribution in [0.3, 0.4) is 0 Å². The van der Waals surface area contributed by atoms with E-state index in [2.05, 4.69) is 526 Å². The molecule has 25 aromatic rings. The third-order valence-corrected chi connectivity index (χ3v) is 28.1. The zero-order chi connectivity index (χ0) is 90.8. The first-order valence-corrected chi connectivity index (χ1v) is 47.2. The fourth-order valence-corrected chi connectivity index (χ4v) is 21.4. The maximum atomic E-state index is 2.45. The van der Waals surface area contributed by atoms with Gasteiger partial charge < -0.3 is 13.7 Å². The van der Waals surface area contributed by atoms with Crippen LogP contribution in [0.5, 0.6) is 0 Å². The van der Waals surface area contributed by atoms with Gasteiger partial charge in [-0.1, -0.05) is 414 Å². The number of hydrogen-bond acceptors (Lipinski definition) is 0. The summed E-state index contributed by atoms with van der Waals surface area (Å²) in [6, 6.07) is 163. The van der Waals surface area contributed by atoms with Crippen molar-refractivity contribution < 1.29 is 0 Å². The molecule has 0 atom stereocenters. The lowest BCUT2D eigenvalue weighted by Crippen LogP contribution is -2.10. The second-order valence-corrected chi connectivity index (χ2v) is 39.5. The number of fused-ring (bicyclic) bond motifs is 16. The Labute approximate surface area is 783 Å². The van der Waals surface area contributed by atoms with Crippen molar-refractivity contribution in [2.75, 3.05) is 0 Å². The molecular weight excluding hydrogens is 1620 g/mol. The molecule has 0 unspecified atom stereocenters. The number of nitrogens with zero attached hydrogens (tertiary/aromatic N) is 3. The Morgan fingerprint density at radius 3 is 0.642 bits per heavy atom. The van der Waals surface area contributed by atoms with Crippen molar-refractivity contribution in [3.8, 4) is 83.8 Å². The monoisotopic (exact) mass is 1720 g/mol. The highest BCUT2D eigenvalue weighted by Gasteiger charge is 2.27. The van der Waals surface area contributed by atoms with Gasteiger partial charge in [0.15, 0.2) is 0 Å². The van der Waals surface area contributed by atoms with E-state index in [0.29, 0.717) is 0 Å². The van der Waals surface area contributed by atoms with E-state index >= 15 is 0 Å². The Bertz CT molecular complexity index is 8780. The highest BCUT2D eigenvalue weighted by Crippen LogP contribution is 2.51. The van der Waals surface area contributed by atoms with E-state index in [0.717, 1.165) is 0 Å². The summed E-state index contributed by atoms with van der Waals surface area (Å²) in [5.41, 5.74) is 31.6. The molecule has 22 aromatic carbocycles. The molecule has 642 valence electrons. The summed E-state index contributed by atoms with van der Waals surface area (Å²) in [7, 11) is 0. The van der Waals surface area contributed by atoms with Crippen molar-refractivity contribution >= 4 is 141 Å². The third kappa shape index (κ3) is 14.3. The Morgan fingerprint density at radius 2 is 0.358 bits per heavy atom. The Balaban J connectivity index is 0.000000114. The zero-order valence-corrected chi connectivity index (χ0v) is 77.5. The molecule has 3 nitrogen and oxygen atoms in total. The minimum atomic E-state index is 0.0284. The molecule has 0 aliphatic rings. The second-order valence-electron chi connectivity index (χ2n) is 39.5. The Hall–Kier alpha value is -15.9. The van der Waals surface area contributed by atoms with Crippen LogP contribution in [0.4, 0.5) is 0 Å². The summed E-state index contributed by atoms with van der Waals surface area (Å²) in [4.78, 5) is 0. The van der Waals surface area contributed by atoms with Gasteiger partial charge in [0.2, 0.25) is 0 Å². The van der Waals surface area contributed by atoms with Crippen LogP contribution in [0.25, 0.3) is 225 Å². The summed E-state index contributed by atoms with van der Waals surface area (Å²) in [6.45, 7) is 22.9. The Morgan fingerprint density at radius 1 is 0.149 bits per heavy atom. The van der Waals surface area contributed by atoms with E-state index in [1.807, 2.05) is 0 Å². The molecule has 0 amide bonds. The van der Waals surface area contributed by atoms with Crippen molar-refractivity contribution in [3.63, 3.8) is 0 Å². The molecular formula is C131H103N3. The topological polar surface area (TPSA) is 14.8 Å². The normalized spacial score (nSPS) is 12.1. The van der Waals surface area contributed by atoms with Crippen molar-refractivity contribution in [3.05, 3.63) is 465 Å². The van der Waals surface area contributed by atoms with Crippen LogP contribution in [0, 0.1) is 6.92 Å². The third-order valence-electron chi connectivity index (χ3n) is 28.1. The molecule has 0 saturated heterocycles. The summed E-state index contributed by atoms with van der Waals surface area (Å²) in [5.74, 6) is 0. The summed E-state index contributed by atoms with van der Waals surface area (Å²) < 4.78 is 7.18. The molecule has 0 spiro atoms. The maximum absolute atomic E-state index is 2.45. The standard InChI is InChI=1S/C46H35N.C43H35N.C42H33N/c1-46(2,3)34-24-27-40-41(29-34)44(38-16-6-7-17-39(38)45(40)33-21-20-30-12-4-5-13-32(30)28-33)31-22-25-35(26-23-31)47-42-18-10-8-14-36(42)37-15-9-11-19-43(37)47;1-28-17-19-29(20-18-28)41-35-13-5-6-14-36(35)42(38-27-31(43(2,3)4)23-26-37(38)41)30-21-24-32(25-22-30)44-39-15-9-7-11-33(39)34-12-8-10-16-40(34)44;1-42(2,3)30-23-26-36-37(27-30)41(35-18-8-7-17-34(35)40(36)28-13-5-4-6-14-28)29-21-24-31(25-22-29)43-38-19-11-9-15-32(38)33-16-10-12-20-39(33)43/h4-29H,1-3H3;5-27H,1-4H3;4-27H,1-3H3. The van der Waals surface area contributed by atoms with Crippen molar-refractivity contribution in [2.45, 2.75) is 85.5 Å². The maximum Gasteiger partial charge on any atom is 0.0541 e. The van der Waals surface area contributed by atoms with Crippen molar-refractivity contribution in [2.24, 2.45) is 0 Å². The van der Waals surface area contributed by atoms with Gasteiger partial charge in [0.05, 0.1) is 33.1 Å². The minimum absolute atomic E-state index is 0.0284. The first kappa shape index (κ1) is 82.5. The lowest BCUT2D eigenvalue weighted by Gasteiger charge is -2.23. The first-order valence-electron chi connectivity index (χ1n) is 47.2. The van der Waals surface area contributed by atoms with Gasteiger partial charge in [0, 0.05) is 49.4 Å². The molecule has 3 heterocycles. The van der Waals surface area contributed by atoms with Gasteiger partial charge in [0.25, 0.3) is 0 Å². The molecule has 25 rings (SSSR count). The van der Waals surface area contributed by atoms with E-state index in [1.54, 1.807) is 0 Å². The van der Waals surface area contributed by atoms with E-state index in [-0.39, 0.29) is 16.2 Å². The molecule has 3 heteroatoms. The van der Waals surface area contributed by atoms with Crippen LogP contribution < -0.4 is 0 Å². The van der Waals surface area contributed by atoms with Crippen LogP contribution in [0.1, 0.15) is 84.6 Å². The summed E-state index contributed by atoms with van der Waals surface area (Å²) in [6.07, 6.45) is 0. The number of benzene rings is 22. The zero-order valence-electron chi connectivity index (χ0n) is 77.5. The minimum Gasteiger partial charge on any atom is -0.309 e. The fraction of sp³-hybridized carbons (Fsp3) is 0.0992. The van der Waals surface area contributed by atoms with Crippen LogP contribution >= 0.6 is 0 Å². The van der Waals surface area contributed by atoms with E-state index < -0.39 is 0 Å². The van der Waals surface area contributed by atoms with Gasteiger partial charge in [0.1, 0.15) is 0 Å². The number of aromatic nitrogens is 3. The average molecular weight is 1720 g/mol. The highest BCUT2D eigenvalue weighted by atomic mass is 15.0. The predicted molar refractivity (Wildman–Crippen MR) is 578 cm³/mol. The van der Waals surface area contributed by atoms with Crippen LogP contribution in [-0.4, -0.2) is 13.7 Å². The van der Waals surface area contributed by atoms with E-state index in [9.17, 15) is 0 Å². The van der Waals surface area contributed by atoms with Gasteiger partial charge in [-0.15, -0.1) is 0 Å². The molecule has 3 aromatic heterocycles. The van der Waals surface area contributed by atoms with Crippen LogP contribution in [0.2, 0.25) is 0 Å². The number of para-hydroxylation sites is 6. The Kier molecular flexibility index (Phi) is 20.2. The summed E-state index contributed by atoms with van der Waals surface area (Å²) >= 11 is 0. The molecule has 134 heavy (non-hydrogen) atoms. The number of rotatable bonds is 9. The lowest BCUT2D eigenvalue weighted by molar-refractivity contribution is 0.591. The van der Waals surface area contributed by atoms with Crippen molar-refractivity contribution in [1.29, 1.82) is 0 Å². The van der Waals surface area contributed by atoms with Gasteiger partial charge in [-0.25, -0.2) is 0 Å². The van der Waals surface area contributed by atoms with E-state index in [1.165, 1.54) is 247 Å². The highest BCUT2D eigenvalue weighted by molar-refractivity contribution is 6.25. The van der Waals surface area contributed by atoms with Crippen molar-refractivity contribution in [1.82, 2.24) is 13.7 Å². The smallest absolute Gasteiger partial charge is 0.0541 e.